The number of rotatable bonds is 12. The summed E-state index contributed by atoms with van der Waals surface area (Å²) >= 11 is 0. The molecule has 5 heterocycles. The van der Waals surface area contributed by atoms with Gasteiger partial charge in [-0.3, -0.25) is 38.6 Å². The molecule has 0 aromatic heterocycles. The van der Waals surface area contributed by atoms with Crippen LogP contribution in [0.5, 0.6) is 5.75 Å². The molecule has 0 bridgehead atoms. The normalized spacial score (nSPS) is 25.6. The van der Waals surface area contributed by atoms with Crippen molar-refractivity contribution in [2.75, 3.05) is 28.4 Å². The zero-order valence-electron chi connectivity index (χ0n) is 37.9. The fourth-order valence-corrected chi connectivity index (χ4v) is 15.1. The molecule has 0 aliphatic carbocycles. The molecule has 4 aromatic rings. The Hall–Kier alpha value is -6.36. The summed E-state index contributed by atoms with van der Waals surface area (Å²) in [6.07, 6.45) is -1.80. The largest absolute Gasteiger partial charge is 0.497 e. The van der Waals surface area contributed by atoms with Crippen LogP contribution >= 0.6 is 0 Å². The molecule has 0 saturated carbocycles. The van der Waals surface area contributed by atoms with Crippen LogP contribution in [-0.4, -0.2) is 92.0 Å². The van der Waals surface area contributed by atoms with E-state index in [0.717, 1.165) is 16.3 Å². The second-order valence-corrected chi connectivity index (χ2v) is 23.2. The van der Waals surface area contributed by atoms with Crippen molar-refractivity contribution in [3.8, 4) is 5.75 Å². The molecule has 4 amide bonds. The SMILES string of the molecule is COc1ccc([Si](C)(C)[C@H]2[C@H](CC(=O)N3Cc4ccccc4C[C@H]3CO)O[C@@]3(C(=O)N(Cc4cccc(N5C(=O)CC5OC(C)=O)c4)c4ccc(N5C(=O)CC5OC(C)=O)cc43)[C@@H]2C)cc1. The van der Waals surface area contributed by atoms with Gasteiger partial charge in [0.2, 0.25) is 17.7 Å². The maximum absolute atomic E-state index is 15.8. The van der Waals surface area contributed by atoms with Crippen molar-refractivity contribution >= 4 is 65.9 Å². The zero-order chi connectivity index (χ0) is 46.8. The number of ether oxygens (including phenoxy) is 4. The molecule has 0 radical (unpaired) electrons. The first-order valence-corrected chi connectivity index (χ1v) is 25.5. The van der Waals surface area contributed by atoms with Crippen molar-refractivity contribution in [3.63, 3.8) is 0 Å². The highest BCUT2D eigenvalue weighted by atomic mass is 28.3. The Bertz CT molecular complexity index is 2640. The van der Waals surface area contributed by atoms with Crippen molar-refractivity contribution in [2.24, 2.45) is 5.92 Å². The lowest BCUT2D eigenvalue weighted by Crippen LogP contribution is -2.55. The summed E-state index contributed by atoms with van der Waals surface area (Å²) in [6, 6.07) is 27.9. The van der Waals surface area contributed by atoms with Gasteiger partial charge in [0.1, 0.15) is 5.75 Å². The van der Waals surface area contributed by atoms with E-state index >= 15 is 4.79 Å². The van der Waals surface area contributed by atoms with Gasteiger partial charge in [-0.05, 0) is 71.1 Å². The molecule has 7 atom stereocenters. The number of esters is 2. The average molecular weight is 915 g/mol. The maximum Gasteiger partial charge on any atom is 0.304 e. The molecule has 5 aliphatic rings. The van der Waals surface area contributed by atoms with E-state index in [-0.39, 0.29) is 61.6 Å². The van der Waals surface area contributed by atoms with Crippen LogP contribution in [0.4, 0.5) is 17.1 Å². The Morgan fingerprint density at radius 2 is 1.44 bits per heavy atom. The molecule has 16 heteroatoms. The van der Waals surface area contributed by atoms with Crippen molar-refractivity contribution in [2.45, 2.75) is 108 Å². The number of aliphatic hydroxyl groups excluding tert-OH is 1. The Balaban J connectivity index is 1.14. The van der Waals surface area contributed by atoms with E-state index in [0.29, 0.717) is 46.9 Å². The van der Waals surface area contributed by atoms with Gasteiger partial charge in [0.25, 0.3) is 5.91 Å². The van der Waals surface area contributed by atoms with Gasteiger partial charge in [0.15, 0.2) is 18.1 Å². The lowest BCUT2D eigenvalue weighted by atomic mass is 9.82. The summed E-state index contributed by atoms with van der Waals surface area (Å²) in [5, 5.41) is 11.7. The predicted molar refractivity (Wildman–Crippen MR) is 245 cm³/mol. The minimum atomic E-state index is -2.73. The van der Waals surface area contributed by atoms with Gasteiger partial charge in [0.05, 0.1) is 65.4 Å². The first-order chi connectivity index (χ1) is 31.5. The van der Waals surface area contributed by atoms with E-state index < -0.39 is 56.1 Å². The molecule has 2 unspecified atom stereocenters. The van der Waals surface area contributed by atoms with Crippen LogP contribution in [0.3, 0.4) is 0 Å². The first-order valence-electron chi connectivity index (χ1n) is 22.4. The molecule has 3 saturated heterocycles. The molecule has 3 fully saturated rings. The number of hydrogen-bond acceptors (Lipinski definition) is 11. The lowest BCUT2D eigenvalue weighted by Gasteiger charge is -2.39. The summed E-state index contributed by atoms with van der Waals surface area (Å²) in [5.41, 5.74) is 2.82. The Labute approximate surface area is 384 Å². The van der Waals surface area contributed by atoms with Crippen LogP contribution in [0.2, 0.25) is 18.6 Å². The first kappa shape index (κ1) is 44.8. The van der Waals surface area contributed by atoms with E-state index in [2.05, 4.69) is 13.1 Å². The third kappa shape index (κ3) is 7.54. The molecule has 1 spiro atoms. The third-order valence-corrected chi connectivity index (χ3v) is 18.7. The second-order valence-electron chi connectivity index (χ2n) is 18.5. The Morgan fingerprint density at radius 3 is 2.05 bits per heavy atom. The monoisotopic (exact) mass is 914 g/mol. The molecule has 344 valence electrons. The quantitative estimate of drug-likeness (QED) is 0.115. The number of carbonyl (C=O) groups is 6. The molecule has 5 aliphatic heterocycles. The van der Waals surface area contributed by atoms with Crippen LogP contribution in [0.25, 0.3) is 0 Å². The van der Waals surface area contributed by atoms with Crippen LogP contribution in [-0.2, 0) is 68.1 Å². The van der Waals surface area contributed by atoms with Gasteiger partial charge in [0, 0.05) is 43.2 Å². The highest BCUT2D eigenvalue weighted by Gasteiger charge is 2.67. The number of anilines is 3. The van der Waals surface area contributed by atoms with Gasteiger partial charge in [-0.1, -0.05) is 73.7 Å². The lowest BCUT2D eigenvalue weighted by molar-refractivity contribution is -0.155. The zero-order valence-corrected chi connectivity index (χ0v) is 38.9. The molecule has 15 nitrogen and oxygen atoms in total. The van der Waals surface area contributed by atoms with E-state index in [1.54, 1.807) is 53.3 Å². The van der Waals surface area contributed by atoms with Gasteiger partial charge >= 0.3 is 11.9 Å². The number of aliphatic hydroxyl groups is 1. The number of nitrogens with zero attached hydrogens (tertiary/aromatic N) is 4. The molecular formula is C50H54N4O11Si. The van der Waals surface area contributed by atoms with Crippen LogP contribution in [0.15, 0.2) is 91.0 Å². The number of β-lactam (4-membered cyclic amide) rings is 2. The van der Waals surface area contributed by atoms with Crippen molar-refractivity contribution in [3.05, 3.63) is 113 Å². The van der Waals surface area contributed by atoms with Crippen molar-refractivity contribution in [1.82, 2.24) is 4.90 Å². The summed E-state index contributed by atoms with van der Waals surface area (Å²) in [7, 11) is -1.12. The fourth-order valence-electron chi connectivity index (χ4n) is 11.1. The minimum Gasteiger partial charge on any atom is -0.497 e. The summed E-state index contributed by atoms with van der Waals surface area (Å²) in [4.78, 5) is 86.9. The predicted octanol–water partition coefficient (Wildman–Crippen LogP) is 5.05. The van der Waals surface area contributed by atoms with E-state index in [9.17, 15) is 29.1 Å². The Kier molecular flexibility index (Phi) is 11.6. The number of fused-ring (bicyclic) bond motifs is 3. The minimum absolute atomic E-state index is 0.0116. The number of carbonyl (C=O) groups excluding carboxylic acids is 6. The average Bonchev–Trinajstić information content (AvgIpc) is 3.70. The van der Waals surface area contributed by atoms with E-state index in [4.69, 9.17) is 18.9 Å². The van der Waals surface area contributed by atoms with Gasteiger partial charge in [-0.25, -0.2) is 0 Å². The topological polar surface area (TPSA) is 173 Å². The smallest absolute Gasteiger partial charge is 0.304 e. The third-order valence-electron chi connectivity index (χ3n) is 14.3. The summed E-state index contributed by atoms with van der Waals surface area (Å²) in [5.74, 6) is -1.87. The van der Waals surface area contributed by atoms with Crippen molar-refractivity contribution in [1.29, 1.82) is 0 Å². The fraction of sp³-hybridized carbons (Fsp3) is 0.400. The van der Waals surface area contributed by atoms with E-state index in [1.807, 2.05) is 61.5 Å². The highest BCUT2D eigenvalue weighted by Crippen LogP contribution is 2.61. The van der Waals surface area contributed by atoms with Crippen LogP contribution < -0.4 is 24.6 Å². The maximum atomic E-state index is 15.8. The number of benzene rings is 4. The molecule has 66 heavy (non-hydrogen) atoms. The number of hydrogen-bond donors (Lipinski definition) is 1. The molecule has 1 N–H and O–H groups in total. The number of amides is 4. The van der Waals surface area contributed by atoms with Gasteiger partial charge in [-0.15, -0.1) is 0 Å². The molecule has 9 rings (SSSR count). The second kappa shape index (κ2) is 17.1. The van der Waals surface area contributed by atoms with Crippen LogP contribution in [0.1, 0.15) is 62.3 Å². The van der Waals surface area contributed by atoms with Gasteiger partial charge in [-0.2, -0.15) is 0 Å². The standard InChI is InChI=1S/C50H54N4O11Si/c1-29-48(66(5,6)39-17-15-38(62-4)16-18-39)42(23-43(58)51-27-34-12-8-7-11-33(34)21-37(51)28-55)65-50(29)40-22-36(54-45(60)25-47(54)64-31(3)57)14-19-41(40)52(49(50)61)26-32-10-9-13-35(20-32)53-44(59)24-46(53)63-30(2)56/h7-20,22,29,37,42,46-48,55H,21,23-28H2,1-6H3/t29-,37+,42+,46?,47?,48-,50+/m1/s1. The molecular weight excluding hydrogens is 861 g/mol. The summed E-state index contributed by atoms with van der Waals surface area (Å²) < 4.78 is 23.8. The van der Waals surface area contributed by atoms with Crippen molar-refractivity contribution < 1.29 is 52.8 Å². The Morgan fingerprint density at radius 1 is 0.803 bits per heavy atom. The van der Waals surface area contributed by atoms with Gasteiger partial charge < -0.3 is 33.9 Å². The summed E-state index contributed by atoms with van der Waals surface area (Å²) in [6.45, 7) is 9.22. The highest BCUT2D eigenvalue weighted by molar-refractivity contribution is 6.91. The van der Waals surface area contributed by atoms with E-state index in [1.165, 1.54) is 23.6 Å². The van der Waals surface area contributed by atoms with Crippen LogP contribution in [0, 0.1) is 5.92 Å². The number of methoxy groups -OCH3 is 1. The molecule has 4 aromatic carbocycles.